The first-order chi connectivity index (χ1) is 10.0. The Bertz CT molecular complexity index is 674. The van der Waals surface area contributed by atoms with Crippen molar-refractivity contribution in [1.29, 1.82) is 0 Å². The number of nitrogens with one attached hydrogen (secondary N) is 2. The van der Waals surface area contributed by atoms with Crippen LogP contribution < -0.4 is 10.7 Å². The molecule has 0 spiro atoms. The quantitative estimate of drug-likeness (QED) is 0.510. The zero-order valence-corrected chi connectivity index (χ0v) is 12.2. The van der Waals surface area contributed by atoms with Gasteiger partial charge in [-0.15, -0.1) is 0 Å². The predicted octanol–water partition coefficient (Wildman–Crippen LogP) is 3.94. The van der Waals surface area contributed by atoms with Gasteiger partial charge in [-0.25, -0.2) is 8.78 Å². The minimum absolute atomic E-state index is 0.260. The normalized spacial score (nSPS) is 10.6. The molecule has 2 aromatic carbocycles. The molecule has 2 N–H and O–H groups in total. The smallest absolute Gasteiger partial charge is 0.191 e. The lowest BCUT2D eigenvalue weighted by atomic mass is 10.2. The van der Waals surface area contributed by atoms with Gasteiger partial charge < -0.3 is 5.32 Å². The average Bonchev–Trinajstić information content (AvgIpc) is 2.45. The lowest BCUT2D eigenvalue weighted by molar-refractivity contribution is 0.508. The number of nitrogens with zero attached hydrogens (tertiary/aromatic N) is 1. The third-order valence-corrected chi connectivity index (χ3v) is 2.87. The summed E-state index contributed by atoms with van der Waals surface area (Å²) in [6.07, 6.45) is 1.33. The van der Waals surface area contributed by atoms with Gasteiger partial charge in [-0.05, 0) is 54.2 Å². The van der Waals surface area contributed by atoms with Crippen LogP contribution in [0.15, 0.2) is 47.6 Å². The molecule has 108 valence electrons. The lowest BCUT2D eigenvalue weighted by Gasteiger charge is -2.06. The number of hydrogen-bond donors (Lipinski definition) is 2. The standard InChI is InChI=1S/C14H10ClF2N3S/c15-10-2-4-11(5-3-10)19-14(21)20-18-8-9-1-6-12(16)13(17)7-9/h1-8H,(H2,19,20,21). The highest BCUT2D eigenvalue weighted by molar-refractivity contribution is 7.80. The fraction of sp³-hybridized carbons (Fsp3) is 0. The van der Waals surface area contributed by atoms with Gasteiger partial charge in [0.05, 0.1) is 6.21 Å². The van der Waals surface area contributed by atoms with Crippen LogP contribution >= 0.6 is 23.8 Å². The molecule has 0 saturated heterocycles. The second-order valence-electron chi connectivity index (χ2n) is 4.00. The maximum absolute atomic E-state index is 13.0. The molecule has 0 amide bonds. The highest BCUT2D eigenvalue weighted by atomic mass is 35.5. The molecule has 0 aliphatic rings. The number of anilines is 1. The lowest BCUT2D eigenvalue weighted by Crippen LogP contribution is -2.23. The molecule has 0 aromatic heterocycles. The fourth-order valence-electron chi connectivity index (χ4n) is 1.45. The summed E-state index contributed by atoms with van der Waals surface area (Å²) >= 11 is 10.8. The Kier molecular flexibility index (Phi) is 5.19. The van der Waals surface area contributed by atoms with Crippen molar-refractivity contribution in [3.8, 4) is 0 Å². The molecule has 0 unspecified atom stereocenters. The van der Waals surface area contributed by atoms with Crippen LogP contribution in [0.3, 0.4) is 0 Å². The van der Waals surface area contributed by atoms with Gasteiger partial charge in [0.1, 0.15) is 0 Å². The van der Waals surface area contributed by atoms with Crippen LogP contribution in [0.5, 0.6) is 0 Å². The van der Waals surface area contributed by atoms with Gasteiger partial charge in [-0.3, -0.25) is 5.43 Å². The summed E-state index contributed by atoms with van der Waals surface area (Å²) in [5.74, 6) is -1.83. The third-order valence-electron chi connectivity index (χ3n) is 2.43. The number of hydrazone groups is 1. The number of thiocarbonyl (C=S) groups is 1. The van der Waals surface area contributed by atoms with E-state index in [1.165, 1.54) is 12.3 Å². The Morgan fingerprint density at radius 3 is 2.48 bits per heavy atom. The van der Waals surface area contributed by atoms with E-state index in [0.717, 1.165) is 17.8 Å². The molecular formula is C14H10ClF2N3S. The van der Waals surface area contributed by atoms with E-state index in [4.69, 9.17) is 23.8 Å². The van der Waals surface area contributed by atoms with E-state index < -0.39 is 11.6 Å². The van der Waals surface area contributed by atoms with Crippen LogP contribution in [0.2, 0.25) is 5.02 Å². The maximum atomic E-state index is 13.0. The fourth-order valence-corrected chi connectivity index (χ4v) is 1.75. The minimum Gasteiger partial charge on any atom is -0.331 e. The van der Waals surface area contributed by atoms with Gasteiger partial charge >= 0.3 is 0 Å². The highest BCUT2D eigenvalue weighted by Crippen LogP contribution is 2.13. The van der Waals surface area contributed by atoms with Crippen LogP contribution in [0, 0.1) is 11.6 Å². The van der Waals surface area contributed by atoms with E-state index in [1.54, 1.807) is 24.3 Å². The number of hydrogen-bond acceptors (Lipinski definition) is 2. The zero-order valence-electron chi connectivity index (χ0n) is 10.6. The van der Waals surface area contributed by atoms with Crippen molar-refractivity contribution in [3.63, 3.8) is 0 Å². The van der Waals surface area contributed by atoms with Crippen molar-refractivity contribution in [2.24, 2.45) is 5.10 Å². The zero-order chi connectivity index (χ0) is 15.2. The van der Waals surface area contributed by atoms with Gasteiger partial charge in [0, 0.05) is 10.7 Å². The Hall–Kier alpha value is -2.05. The highest BCUT2D eigenvalue weighted by Gasteiger charge is 2.00. The summed E-state index contributed by atoms with van der Waals surface area (Å²) < 4.78 is 25.7. The summed E-state index contributed by atoms with van der Waals surface area (Å²) in [5, 5.41) is 7.60. The Balaban J connectivity index is 1.89. The monoisotopic (exact) mass is 325 g/mol. The minimum atomic E-state index is -0.930. The molecule has 0 bridgehead atoms. The van der Waals surface area contributed by atoms with Crippen molar-refractivity contribution in [2.75, 3.05) is 5.32 Å². The Morgan fingerprint density at radius 2 is 1.81 bits per heavy atom. The van der Waals surface area contributed by atoms with Crippen LogP contribution in [0.4, 0.5) is 14.5 Å². The molecule has 2 rings (SSSR count). The van der Waals surface area contributed by atoms with Crippen molar-refractivity contribution in [2.45, 2.75) is 0 Å². The Labute approximate surface area is 130 Å². The second kappa shape index (κ2) is 7.10. The number of rotatable bonds is 3. The van der Waals surface area contributed by atoms with Crippen LogP contribution in [0.1, 0.15) is 5.56 Å². The second-order valence-corrected chi connectivity index (χ2v) is 4.85. The topological polar surface area (TPSA) is 36.4 Å². The largest absolute Gasteiger partial charge is 0.331 e. The molecule has 0 radical (unpaired) electrons. The van der Waals surface area contributed by atoms with E-state index in [1.807, 2.05) is 0 Å². The molecule has 3 nitrogen and oxygen atoms in total. The van der Waals surface area contributed by atoms with Gasteiger partial charge in [0.2, 0.25) is 0 Å². The van der Waals surface area contributed by atoms with E-state index in [2.05, 4.69) is 15.8 Å². The summed E-state index contributed by atoms with van der Waals surface area (Å²) in [7, 11) is 0. The molecular weight excluding hydrogens is 316 g/mol. The van der Waals surface area contributed by atoms with Crippen LogP contribution in [0.25, 0.3) is 0 Å². The molecule has 0 heterocycles. The first kappa shape index (κ1) is 15.3. The first-order valence-corrected chi connectivity index (χ1v) is 6.64. The summed E-state index contributed by atoms with van der Waals surface area (Å²) in [4.78, 5) is 0. The number of benzene rings is 2. The van der Waals surface area contributed by atoms with Crippen molar-refractivity contribution in [3.05, 3.63) is 64.7 Å². The number of halogens is 3. The van der Waals surface area contributed by atoms with Gasteiger partial charge in [0.15, 0.2) is 16.7 Å². The van der Waals surface area contributed by atoms with Crippen molar-refractivity contribution < 1.29 is 8.78 Å². The Morgan fingerprint density at radius 1 is 1.10 bits per heavy atom. The summed E-state index contributed by atoms with van der Waals surface area (Å²) in [5.41, 5.74) is 3.73. The SMILES string of the molecule is Fc1ccc(C=NNC(=S)Nc2ccc(Cl)cc2)cc1F. The van der Waals surface area contributed by atoms with Crippen LogP contribution in [-0.4, -0.2) is 11.3 Å². The molecule has 0 atom stereocenters. The van der Waals surface area contributed by atoms with E-state index in [9.17, 15) is 8.78 Å². The molecule has 21 heavy (non-hydrogen) atoms. The molecule has 2 aromatic rings. The molecule has 0 aliphatic carbocycles. The van der Waals surface area contributed by atoms with Crippen LogP contribution in [-0.2, 0) is 0 Å². The predicted molar refractivity (Wildman–Crippen MR) is 84.8 cm³/mol. The summed E-state index contributed by atoms with van der Waals surface area (Å²) in [6.45, 7) is 0. The van der Waals surface area contributed by atoms with Crippen molar-refractivity contribution >= 4 is 40.8 Å². The van der Waals surface area contributed by atoms with Crippen molar-refractivity contribution in [1.82, 2.24) is 5.43 Å². The van der Waals surface area contributed by atoms with Gasteiger partial charge in [-0.2, -0.15) is 5.10 Å². The maximum Gasteiger partial charge on any atom is 0.191 e. The summed E-state index contributed by atoms with van der Waals surface area (Å²) in [6, 6.07) is 10.4. The third kappa shape index (κ3) is 4.77. The van der Waals surface area contributed by atoms with Gasteiger partial charge in [-0.1, -0.05) is 17.7 Å². The molecule has 0 fully saturated rings. The molecule has 7 heteroatoms. The van der Waals surface area contributed by atoms with Gasteiger partial charge in [0.25, 0.3) is 0 Å². The van der Waals surface area contributed by atoms with E-state index in [-0.39, 0.29) is 5.11 Å². The van der Waals surface area contributed by atoms with E-state index >= 15 is 0 Å². The molecule has 0 saturated carbocycles. The first-order valence-electron chi connectivity index (χ1n) is 5.85. The van der Waals surface area contributed by atoms with E-state index in [0.29, 0.717) is 10.6 Å². The average molecular weight is 326 g/mol. The molecule has 0 aliphatic heterocycles.